The van der Waals surface area contributed by atoms with Crippen molar-refractivity contribution in [2.45, 2.75) is 26.7 Å². The van der Waals surface area contributed by atoms with Gasteiger partial charge in [-0.15, -0.1) is 0 Å². The Bertz CT molecular complexity index is 535. The standard InChI is InChI=1S/C14H15BrN2/c1-9(2)14-16-8-13(10(3)17-14)11-5-4-6-12(15)7-11/h4-9H,1-3H3. The van der Waals surface area contributed by atoms with Crippen molar-refractivity contribution in [2.24, 2.45) is 0 Å². The molecule has 3 heteroatoms. The molecule has 0 aliphatic rings. The first-order chi connectivity index (χ1) is 8.08. The summed E-state index contributed by atoms with van der Waals surface area (Å²) in [4.78, 5) is 8.97. The quantitative estimate of drug-likeness (QED) is 0.822. The molecule has 0 saturated heterocycles. The normalized spacial score (nSPS) is 10.9. The summed E-state index contributed by atoms with van der Waals surface area (Å²) in [5.41, 5.74) is 3.27. The van der Waals surface area contributed by atoms with E-state index in [9.17, 15) is 0 Å². The van der Waals surface area contributed by atoms with Crippen LogP contribution in [0.3, 0.4) is 0 Å². The fourth-order valence-corrected chi connectivity index (χ4v) is 2.10. The monoisotopic (exact) mass is 290 g/mol. The number of aryl methyl sites for hydroxylation is 1. The van der Waals surface area contributed by atoms with Gasteiger partial charge in [0.2, 0.25) is 0 Å². The largest absolute Gasteiger partial charge is 0.240 e. The predicted octanol–water partition coefficient (Wildman–Crippen LogP) is 4.34. The Labute approximate surface area is 110 Å². The second kappa shape index (κ2) is 4.96. The highest BCUT2D eigenvalue weighted by Crippen LogP contribution is 2.25. The van der Waals surface area contributed by atoms with E-state index in [4.69, 9.17) is 0 Å². The van der Waals surface area contributed by atoms with Crippen LogP contribution in [0.2, 0.25) is 0 Å². The average molecular weight is 291 g/mol. The highest BCUT2D eigenvalue weighted by molar-refractivity contribution is 9.10. The van der Waals surface area contributed by atoms with Gasteiger partial charge in [0.1, 0.15) is 5.82 Å². The first kappa shape index (κ1) is 12.2. The van der Waals surface area contributed by atoms with E-state index < -0.39 is 0 Å². The molecule has 2 rings (SSSR count). The van der Waals surface area contributed by atoms with Gasteiger partial charge in [-0.2, -0.15) is 0 Å². The highest BCUT2D eigenvalue weighted by Gasteiger charge is 2.08. The zero-order valence-corrected chi connectivity index (χ0v) is 11.8. The Balaban J connectivity index is 2.47. The molecule has 2 nitrogen and oxygen atoms in total. The van der Waals surface area contributed by atoms with Crippen LogP contribution >= 0.6 is 15.9 Å². The van der Waals surface area contributed by atoms with E-state index in [1.807, 2.05) is 25.3 Å². The minimum atomic E-state index is 0.366. The van der Waals surface area contributed by atoms with Crippen molar-refractivity contribution in [1.82, 2.24) is 9.97 Å². The van der Waals surface area contributed by atoms with Gasteiger partial charge in [0.25, 0.3) is 0 Å². The molecule has 2 aromatic rings. The fraction of sp³-hybridized carbons (Fsp3) is 0.286. The molecule has 0 spiro atoms. The molecule has 0 aliphatic heterocycles. The molecule has 1 aromatic carbocycles. The molecule has 1 aromatic heterocycles. The lowest BCUT2D eigenvalue weighted by molar-refractivity contribution is 0.767. The number of hydrogen-bond acceptors (Lipinski definition) is 2. The van der Waals surface area contributed by atoms with Crippen molar-refractivity contribution >= 4 is 15.9 Å². The molecule has 0 fully saturated rings. The maximum absolute atomic E-state index is 4.55. The lowest BCUT2D eigenvalue weighted by Gasteiger charge is -2.09. The minimum Gasteiger partial charge on any atom is -0.240 e. The number of rotatable bonds is 2. The number of aromatic nitrogens is 2. The second-order valence-electron chi connectivity index (χ2n) is 4.39. The van der Waals surface area contributed by atoms with Crippen molar-refractivity contribution in [3.05, 3.63) is 46.5 Å². The molecular weight excluding hydrogens is 276 g/mol. The molecule has 1 heterocycles. The van der Waals surface area contributed by atoms with Gasteiger partial charge in [-0.1, -0.05) is 41.9 Å². The van der Waals surface area contributed by atoms with E-state index in [-0.39, 0.29) is 0 Å². The first-order valence-corrected chi connectivity index (χ1v) is 6.46. The van der Waals surface area contributed by atoms with Gasteiger partial charge >= 0.3 is 0 Å². The summed E-state index contributed by atoms with van der Waals surface area (Å²) in [5.74, 6) is 1.27. The fourth-order valence-electron chi connectivity index (χ4n) is 1.70. The molecule has 0 radical (unpaired) electrons. The van der Waals surface area contributed by atoms with Crippen LogP contribution in [0, 0.1) is 6.92 Å². The van der Waals surface area contributed by atoms with Crippen LogP contribution in [0.1, 0.15) is 31.3 Å². The number of nitrogens with zero attached hydrogens (tertiary/aromatic N) is 2. The Morgan fingerprint density at radius 2 is 2.00 bits per heavy atom. The van der Waals surface area contributed by atoms with Crippen molar-refractivity contribution in [1.29, 1.82) is 0 Å². The topological polar surface area (TPSA) is 25.8 Å². The van der Waals surface area contributed by atoms with E-state index >= 15 is 0 Å². The Morgan fingerprint density at radius 3 is 2.59 bits per heavy atom. The lowest BCUT2D eigenvalue weighted by atomic mass is 10.1. The summed E-state index contributed by atoms with van der Waals surface area (Å²) in [6.07, 6.45) is 1.92. The zero-order chi connectivity index (χ0) is 12.4. The molecule has 0 aliphatic carbocycles. The zero-order valence-electron chi connectivity index (χ0n) is 10.2. The van der Waals surface area contributed by atoms with Gasteiger partial charge in [-0.05, 0) is 24.6 Å². The molecule has 0 N–H and O–H groups in total. The number of hydrogen-bond donors (Lipinski definition) is 0. The molecule has 0 atom stereocenters. The molecule has 0 bridgehead atoms. The van der Waals surface area contributed by atoms with E-state index in [1.54, 1.807) is 0 Å². The third-order valence-electron chi connectivity index (χ3n) is 2.65. The van der Waals surface area contributed by atoms with Crippen LogP contribution in [0.4, 0.5) is 0 Å². The highest BCUT2D eigenvalue weighted by atomic mass is 79.9. The van der Waals surface area contributed by atoms with E-state index in [1.165, 1.54) is 0 Å². The van der Waals surface area contributed by atoms with E-state index in [0.717, 1.165) is 27.1 Å². The Kier molecular flexibility index (Phi) is 3.57. The van der Waals surface area contributed by atoms with Gasteiger partial charge in [0.15, 0.2) is 0 Å². The Morgan fingerprint density at radius 1 is 1.24 bits per heavy atom. The van der Waals surface area contributed by atoms with Gasteiger partial charge in [0, 0.05) is 27.8 Å². The summed E-state index contributed by atoms with van der Waals surface area (Å²) in [7, 11) is 0. The first-order valence-electron chi connectivity index (χ1n) is 5.67. The van der Waals surface area contributed by atoms with E-state index in [2.05, 4.69) is 51.9 Å². The maximum atomic E-state index is 4.55. The van der Waals surface area contributed by atoms with Gasteiger partial charge < -0.3 is 0 Å². The van der Waals surface area contributed by atoms with Crippen LogP contribution < -0.4 is 0 Å². The SMILES string of the molecule is Cc1nc(C(C)C)ncc1-c1cccc(Br)c1. The maximum Gasteiger partial charge on any atom is 0.131 e. The molecular formula is C14H15BrN2. The molecule has 17 heavy (non-hydrogen) atoms. The molecule has 88 valence electrons. The molecule has 0 saturated carbocycles. The summed E-state index contributed by atoms with van der Waals surface area (Å²) >= 11 is 3.48. The van der Waals surface area contributed by atoms with E-state index in [0.29, 0.717) is 5.92 Å². The average Bonchev–Trinajstić information content (AvgIpc) is 2.28. The predicted molar refractivity (Wildman–Crippen MR) is 74.0 cm³/mol. The van der Waals surface area contributed by atoms with Crippen molar-refractivity contribution in [2.75, 3.05) is 0 Å². The van der Waals surface area contributed by atoms with Gasteiger partial charge in [0.05, 0.1) is 0 Å². The second-order valence-corrected chi connectivity index (χ2v) is 5.31. The molecule has 0 amide bonds. The van der Waals surface area contributed by atoms with Crippen LogP contribution in [0.15, 0.2) is 34.9 Å². The van der Waals surface area contributed by atoms with Crippen LogP contribution in [0.5, 0.6) is 0 Å². The molecule has 0 unspecified atom stereocenters. The van der Waals surface area contributed by atoms with Crippen molar-refractivity contribution in [3.8, 4) is 11.1 Å². The van der Waals surface area contributed by atoms with Crippen molar-refractivity contribution < 1.29 is 0 Å². The van der Waals surface area contributed by atoms with Gasteiger partial charge in [-0.25, -0.2) is 9.97 Å². The summed E-state index contributed by atoms with van der Waals surface area (Å²) in [6.45, 7) is 6.24. The van der Waals surface area contributed by atoms with Crippen LogP contribution in [0.25, 0.3) is 11.1 Å². The summed E-state index contributed by atoms with van der Waals surface area (Å²) in [5, 5.41) is 0. The third kappa shape index (κ3) is 2.72. The minimum absolute atomic E-state index is 0.366. The van der Waals surface area contributed by atoms with Crippen LogP contribution in [-0.2, 0) is 0 Å². The van der Waals surface area contributed by atoms with Gasteiger partial charge in [-0.3, -0.25) is 0 Å². The van der Waals surface area contributed by atoms with Crippen LogP contribution in [-0.4, -0.2) is 9.97 Å². The third-order valence-corrected chi connectivity index (χ3v) is 3.14. The van der Waals surface area contributed by atoms with Crippen molar-refractivity contribution in [3.63, 3.8) is 0 Å². The number of benzene rings is 1. The summed E-state index contributed by atoms with van der Waals surface area (Å²) < 4.78 is 1.07. The Hall–Kier alpha value is -1.22. The lowest BCUT2D eigenvalue weighted by Crippen LogP contribution is -2.00. The summed E-state index contributed by atoms with van der Waals surface area (Å²) in [6, 6.07) is 8.20. The smallest absolute Gasteiger partial charge is 0.131 e. The number of halogens is 1.